The van der Waals surface area contributed by atoms with Crippen LogP contribution in [0, 0.1) is 0 Å². The summed E-state index contributed by atoms with van der Waals surface area (Å²) in [5.41, 5.74) is 0.822. The largest absolute Gasteiger partial charge is 0.495 e. The summed E-state index contributed by atoms with van der Waals surface area (Å²) in [7, 11) is 0.217. The van der Waals surface area contributed by atoms with Crippen molar-refractivity contribution in [2.45, 2.75) is 17.9 Å². The molecule has 1 amide bonds. The maximum Gasteiger partial charge on any atom is 0.338 e. The number of amides is 1. The Morgan fingerprint density at radius 3 is 2.33 bits per heavy atom. The third-order valence-electron chi connectivity index (χ3n) is 4.24. The first-order chi connectivity index (χ1) is 14.1. The first kappa shape index (κ1) is 23.7. The number of ether oxygens (including phenoxy) is 2. The second kappa shape index (κ2) is 9.92. The van der Waals surface area contributed by atoms with Gasteiger partial charge in [-0.2, -0.15) is 0 Å². The fraction of sp³-hybridized carbons (Fsp3) is 0.300. The summed E-state index contributed by atoms with van der Waals surface area (Å²) in [4.78, 5) is 24.3. The Morgan fingerprint density at radius 1 is 1.13 bits per heavy atom. The Morgan fingerprint density at radius 2 is 1.77 bits per heavy atom. The Labute approximate surface area is 180 Å². The molecule has 0 aromatic heterocycles. The molecular weight excluding hydrogens is 432 g/mol. The van der Waals surface area contributed by atoms with Crippen LogP contribution in [-0.2, 0) is 19.6 Å². The van der Waals surface area contributed by atoms with Crippen LogP contribution in [-0.4, -0.2) is 52.4 Å². The molecule has 2 rings (SSSR count). The van der Waals surface area contributed by atoms with E-state index in [0.717, 1.165) is 15.9 Å². The van der Waals surface area contributed by atoms with Crippen LogP contribution in [0.25, 0.3) is 0 Å². The van der Waals surface area contributed by atoms with Crippen LogP contribution in [0.5, 0.6) is 5.75 Å². The van der Waals surface area contributed by atoms with E-state index in [9.17, 15) is 18.0 Å². The van der Waals surface area contributed by atoms with Crippen molar-refractivity contribution in [3.05, 3.63) is 58.6 Å². The fourth-order valence-electron chi connectivity index (χ4n) is 2.53. The summed E-state index contributed by atoms with van der Waals surface area (Å²) in [6, 6.07) is 10.5. The van der Waals surface area contributed by atoms with E-state index < -0.39 is 28.5 Å². The summed E-state index contributed by atoms with van der Waals surface area (Å²) < 4.78 is 36.0. The van der Waals surface area contributed by atoms with Gasteiger partial charge in [-0.3, -0.25) is 4.79 Å². The second-order valence-electron chi connectivity index (χ2n) is 6.57. The number of benzene rings is 2. The third kappa shape index (κ3) is 5.71. The fourth-order valence-corrected chi connectivity index (χ4v) is 3.74. The van der Waals surface area contributed by atoms with E-state index in [1.165, 1.54) is 33.3 Å². The summed E-state index contributed by atoms with van der Waals surface area (Å²) in [6.07, 6.45) is 0. The highest BCUT2D eigenvalue weighted by Crippen LogP contribution is 2.27. The van der Waals surface area contributed by atoms with Gasteiger partial charge in [-0.25, -0.2) is 17.5 Å². The first-order valence-electron chi connectivity index (χ1n) is 8.88. The molecule has 0 aliphatic carbocycles. The minimum absolute atomic E-state index is 0.0187. The van der Waals surface area contributed by atoms with E-state index in [1.807, 2.05) is 0 Å². The van der Waals surface area contributed by atoms with E-state index in [1.54, 1.807) is 31.2 Å². The number of nitrogens with one attached hydrogen (secondary N) is 1. The van der Waals surface area contributed by atoms with Gasteiger partial charge in [-0.15, -0.1) is 0 Å². The number of carbonyl (C=O) groups is 2. The van der Waals surface area contributed by atoms with Crippen molar-refractivity contribution in [2.75, 3.05) is 27.8 Å². The van der Waals surface area contributed by atoms with E-state index in [0.29, 0.717) is 5.02 Å². The molecule has 0 bridgehead atoms. The molecule has 1 N–H and O–H groups in total. The quantitative estimate of drug-likeness (QED) is 0.615. The van der Waals surface area contributed by atoms with Gasteiger partial charge in [-0.1, -0.05) is 23.7 Å². The van der Waals surface area contributed by atoms with Crippen molar-refractivity contribution in [3.8, 4) is 5.75 Å². The molecule has 2 aromatic carbocycles. The van der Waals surface area contributed by atoms with E-state index in [4.69, 9.17) is 21.1 Å². The predicted octanol–water partition coefficient (Wildman–Crippen LogP) is 2.63. The second-order valence-corrected chi connectivity index (χ2v) is 9.13. The summed E-state index contributed by atoms with van der Waals surface area (Å²) in [6.45, 7) is 1.27. The lowest BCUT2D eigenvalue weighted by molar-refractivity contribution is -0.124. The SMILES string of the molecule is COc1ccc(C(=O)OCC(=O)NC(C)c2ccc(Cl)cc2)cc1S(=O)(=O)N(C)C. The minimum atomic E-state index is -3.84. The van der Waals surface area contributed by atoms with Crippen LogP contribution in [0.3, 0.4) is 0 Å². The molecule has 1 unspecified atom stereocenters. The van der Waals surface area contributed by atoms with Gasteiger partial charge in [-0.05, 0) is 42.8 Å². The highest BCUT2D eigenvalue weighted by atomic mass is 35.5. The van der Waals surface area contributed by atoms with Gasteiger partial charge >= 0.3 is 5.97 Å². The number of rotatable bonds is 8. The smallest absolute Gasteiger partial charge is 0.338 e. The number of sulfonamides is 1. The third-order valence-corrected chi connectivity index (χ3v) is 6.33. The van der Waals surface area contributed by atoms with E-state index in [2.05, 4.69) is 5.32 Å². The molecule has 0 saturated carbocycles. The number of hydrogen-bond donors (Lipinski definition) is 1. The number of methoxy groups -OCH3 is 1. The molecule has 8 nitrogen and oxygen atoms in total. The van der Waals surface area contributed by atoms with Crippen LogP contribution in [0.1, 0.15) is 28.9 Å². The number of halogens is 1. The zero-order valence-corrected chi connectivity index (χ0v) is 18.6. The predicted molar refractivity (Wildman–Crippen MR) is 112 cm³/mol. The number of nitrogens with zero attached hydrogens (tertiary/aromatic N) is 1. The molecule has 0 saturated heterocycles. The number of esters is 1. The van der Waals surface area contributed by atoms with Crippen molar-refractivity contribution in [2.24, 2.45) is 0 Å². The van der Waals surface area contributed by atoms with Gasteiger partial charge < -0.3 is 14.8 Å². The van der Waals surface area contributed by atoms with Crippen molar-refractivity contribution in [3.63, 3.8) is 0 Å². The molecule has 0 aliphatic rings. The molecule has 30 heavy (non-hydrogen) atoms. The first-order valence-corrected chi connectivity index (χ1v) is 10.7. The molecule has 162 valence electrons. The summed E-state index contributed by atoms with van der Waals surface area (Å²) >= 11 is 5.85. The molecule has 2 aromatic rings. The minimum Gasteiger partial charge on any atom is -0.495 e. The lowest BCUT2D eigenvalue weighted by Gasteiger charge is -2.16. The van der Waals surface area contributed by atoms with Crippen LogP contribution in [0.15, 0.2) is 47.4 Å². The van der Waals surface area contributed by atoms with Gasteiger partial charge in [0.2, 0.25) is 10.0 Å². The number of hydrogen-bond acceptors (Lipinski definition) is 6. The van der Waals surface area contributed by atoms with E-state index >= 15 is 0 Å². The lowest BCUT2D eigenvalue weighted by Crippen LogP contribution is -2.31. The average molecular weight is 455 g/mol. The number of carbonyl (C=O) groups excluding carboxylic acids is 2. The Balaban J connectivity index is 2.05. The highest BCUT2D eigenvalue weighted by molar-refractivity contribution is 7.89. The zero-order valence-electron chi connectivity index (χ0n) is 17.0. The summed E-state index contributed by atoms with van der Waals surface area (Å²) in [5.74, 6) is -1.24. The Bertz CT molecular complexity index is 1020. The Kier molecular flexibility index (Phi) is 7.83. The molecule has 10 heteroatoms. The molecule has 0 spiro atoms. The van der Waals surface area contributed by atoms with Crippen molar-refractivity contribution in [1.29, 1.82) is 0 Å². The average Bonchev–Trinajstić information content (AvgIpc) is 2.71. The Hall–Kier alpha value is -2.62. The van der Waals surface area contributed by atoms with Gasteiger partial charge in [0, 0.05) is 19.1 Å². The molecule has 0 radical (unpaired) electrons. The maximum atomic E-state index is 12.5. The molecule has 1 atom stereocenters. The molecule has 0 fully saturated rings. The highest BCUT2D eigenvalue weighted by Gasteiger charge is 2.24. The van der Waals surface area contributed by atoms with E-state index in [-0.39, 0.29) is 22.3 Å². The molecule has 0 heterocycles. The van der Waals surface area contributed by atoms with Crippen LogP contribution in [0.2, 0.25) is 5.02 Å². The van der Waals surface area contributed by atoms with Crippen molar-refractivity contribution < 1.29 is 27.5 Å². The maximum absolute atomic E-state index is 12.5. The standard InChI is InChI=1S/C20H23ClN2O6S/c1-13(14-5-8-16(21)9-6-14)22-19(24)12-29-20(25)15-7-10-17(28-4)18(11-15)30(26,27)23(2)3/h5-11,13H,12H2,1-4H3,(H,22,24). The monoisotopic (exact) mass is 454 g/mol. The van der Waals surface area contributed by atoms with Crippen molar-refractivity contribution in [1.82, 2.24) is 9.62 Å². The van der Waals surface area contributed by atoms with Crippen LogP contribution < -0.4 is 10.1 Å². The van der Waals surface area contributed by atoms with Crippen LogP contribution in [0.4, 0.5) is 0 Å². The molecular formula is C20H23ClN2O6S. The molecule has 0 aliphatic heterocycles. The topological polar surface area (TPSA) is 102 Å². The van der Waals surface area contributed by atoms with Crippen molar-refractivity contribution >= 4 is 33.5 Å². The summed E-state index contributed by atoms with van der Waals surface area (Å²) in [5, 5.41) is 3.29. The van der Waals surface area contributed by atoms with Gasteiger partial charge in [0.25, 0.3) is 5.91 Å². The normalized spacial score (nSPS) is 12.3. The van der Waals surface area contributed by atoms with Crippen LogP contribution >= 0.6 is 11.6 Å². The van der Waals surface area contributed by atoms with Gasteiger partial charge in [0.15, 0.2) is 6.61 Å². The van der Waals surface area contributed by atoms with Gasteiger partial charge in [0.05, 0.1) is 18.7 Å². The zero-order chi connectivity index (χ0) is 22.5. The lowest BCUT2D eigenvalue weighted by atomic mass is 10.1. The van der Waals surface area contributed by atoms with Gasteiger partial charge in [0.1, 0.15) is 10.6 Å².